The van der Waals surface area contributed by atoms with Gasteiger partial charge in [0.15, 0.2) is 5.11 Å². The van der Waals surface area contributed by atoms with Crippen LogP contribution in [-0.4, -0.2) is 32.5 Å². The Kier molecular flexibility index (Phi) is 7.55. The molecule has 1 aromatic carbocycles. The Morgan fingerprint density at radius 3 is 2.79 bits per heavy atom. The van der Waals surface area contributed by atoms with E-state index in [0.29, 0.717) is 23.3 Å². The molecule has 19 heavy (non-hydrogen) atoms. The summed E-state index contributed by atoms with van der Waals surface area (Å²) in [6.07, 6.45) is 0.910. The summed E-state index contributed by atoms with van der Waals surface area (Å²) in [5.74, 6) is 0.752. The maximum absolute atomic E-state index is 6.14. The Balaban J connectivity index is 2.42. The third-order valence-electron chi connectivity index (χ3n) is 2.53. The number of ether oxygens (including phenoxy) is 2. The summed E-state index contributed by atoms with van der Waals surface area (Å²) >= 11 is 11.3. The first kappa shape index (κ1) is 16.0. The first-order valence-corrected chi connectivity index (χ1v) is 6.79. The maximum atomic E-state index is 6.14. The van der Waals surface area contributed by atoms with Gasteiger partial charge >= 0.3 is 0 Å². The highest BCUT2D eigenvalue weighted by Gasteiger charge is 2.07. The highest BCUT2D eigenvalue weighted by Crippen LogP contribution is 2.25. The lowest BCUT2D eigenvalue weighted by atomic mass is 10.2. The first-order chi connectivity index (χ1) is 9.19. The largest absolute Gasteiger partial charge is 0.496 e. The van der Waals surface area contributed by atoms with Gasteiger partial charge < -0.3 is 20.1 Å². The van der Waals surface area contributed by atoms with E-state index < -0.39 is 0 Å². The minimum atomic E-state index is 0.527. The van der Waals surface area contributed by atoms with Gasteiger partial charge in [0.2, 0.25) is 0 Å². The molecule has 106 valence electrons. The Morgan fingerprint density at radius 2 is 2.11 bits per heavy atom. The summed E-state index contributed by atoms with van der Waals surface area (Å²) in [6, 6.07) is 5.56. The third kappa shape index (κ3) is 5.63. The van der Waals surface area contributed by atoms with Gasteiger partial charge in [-0.3, -0.25) is 0 Å². The quantitative estimate of drug-likeness (QED) is 0.598. The summed E-state index contributed by atoms with van der Waals surface area (Å²) in [5, 5.41) is 7.46. The molecule has 0 aliphatic rings. The predicted molar refractivity (Wildman–Crippen MR) is 81.9 cm³/mol. The lowest BCUT2D eigenvalue weighted by molar-refractivity contribution is 0.195. The molecule has 0 radical (unpaired) electrons. The molecule has 0 unspecified atom stereocenters. The standard InChI is InChI=1S/C13H19ClN2O2S/c1-17-8-4-7-15-13(19)16-9-10-11(14)5-3-6-12(10)18-2/h3,5-6H,4,7-9H2,1-2H3,(H2,15,16,19). The highest BCUT2D eigenvalue weighted by molar-refractivity contribution is 7.80. The van der Waals surface area contributed by atoms with Gasteiger partial charge in [-0.25, -0.2) is 0 Å². The number of halogens is 1. The zero-order valence-electron chi connectivity index (χ0n) is 11.2. The van der Waals surface area contributed by atoms with Crippen molar-refractivity contribution in [2.75, 3.05) is 27.4 Å². The van der Waals surface area contributed by atoms with Crippen LogP contribution >= 0.6 is 23.8 Å². The average Bonchev–Trinajstić information content (AvgIpc) is 2.42. The molecule has 6 heteroatoms. The van der Waals surface area contributed by atoms with Crippen LogP contribution in [0, 0.1) is 0 Å². The van der Waals surface area contributed by atoms with E-state index in [0.717, 1.165) is 24.3 Å². The van der Waals surface area contributed by atoms with Crippen molar-refractivity contribution in [3.8, 4) is 5.75 Å². The molecule has 0 bridgehead atoms. The summed E-state index contributed by atoms with van der Waals surface area (Å²) in [5.41, 5.74) is 0.896. The van der Waals surface area contributed by atoms with E-state index in [1.807, 2.05) is 18.2 Å². The van der Waals surface area contributed by atoms with E-state index >= 15 is 0 Å². The smallest absolute Gasteiger partial charge is 0.166 e. The first-order valence-electron chi connectivity index (χ1n) is 6.01. The van der Waals surface area contributed by atoms with Gasteiger partial charge in [0.1, 0.15) is 5.75 Å². The van der Waals surface area contributed by atoms with Gasteiger partial charge in [-0.15, -0.1) is 0 Å². The average molecular weight is 303 g/mol. The van der Waals surface area contributed by atoms with Crippen molar-refractivity contribution >= 4 is 28.9 Å². The van der Waals surface area contributed by atoms with Crippen LogP contribution in [0.3, 0.4) is 0 Å². The Hall–Kier alpha value is -1.04. The van der Waals surface area contributed by atoms with Crippen LogP contribution in [0.25, 0.3) is 0 Å². The number of rotatable bonds is 7. The molecule has 0 saturated heterocycles. The van der Waals surface area contributed by atoms with Crippen LogP contribution in [0.15, 0.2) is 18.2 Å². The van der Waals surface area contributed by atoms with E-state index in [9.17, 15) is 0 Å². The van der Waals surface area contributed by atoms with Gasteiger partial charge in [-0.2, -0.15) is 0 Å². The fourth-order valence-electron chi connectivity index (χ4n) is 1.55. The Bertz CT molecular complexity index is 416. The van der Waals surface area contributed by atoms with E-state index in [1.54, 1.807) is 14.2 Å². The van der Waals surface area contributed by atoms with E-state index in [-0.39, 0.29) is 0 Å². The fraction of sp³-hybridized carbons (Fsp3) is 0.462. The maximum Gasteiger partial charge on any atom is 0.166 e. The van der Waals surface area contributed by atoms with Crippen LogP contribution in [0.5, 0.6) is 5.75 Å². The van der Waals surface area contributed by atoms with E-state index in [2.05, 4.69) is 10.6 Å². The number of benzene rings is 1. The van der Waals surface area contributed by atoms with Crippen LogP contribution < -0.4 is 15.4 Å². The zero-order valence-corrected chi connectivity index (χ0v) is 12.7. The van der Waals surface area contributed by atoms with Crippen molar-refractivity contribution in [3.63, 3.8) is 0 Å². The molecule has 1 rings (SSSR count). The number of hydrogen-bond donors (Lipinski definition) is 2. The van der Waals surface area contributed by atoms with E-state index in [4.69, 9.17) is 33.3 Å². The van der Waals surface area contributed by atoms with Crippen LogP contribution in [0.1, 0.15) is 12.0 Å². The molecule has 0 saturated carbocycles. The number of hydrogen-bond acceptors (Lipinski definition) is 3. The summed E-state index contributed by atoms with van der Waals surface area (Å²) in [4.78, 5) is 0. The second kappa shape index (κ2) is 8.96. The van der Waals surface area contributed by atoms with Crippen molar-refractivity contribution in [3.05, 3.63) is 28.8 Å². The third-order valence-corrected chi connectivity index (χ3v) is 3.18. The topological polar surface area (TPSA) is 42.5 Å². The van der Waals surface area contributed by atoms with Crippen LogP contribution in [0.2, 0.25) is 5.02 Å². The summed E-state index contributed by atoms with van der Waals surface area (Å²) in [6.45, 7) is 2.02. The normalized spacial score (nSPS) is 10.1. The van der Waals surface area contributed by atoms with Gasteiger partial charge in [-0.1, -0.05) is 17.7 Å². The lowest BCUT2D eigenvalue weighted by Gasteiger charge is -2.13. The molecular formula is C13H19ClN2O2S. The predicted octanol–water partition coefficient (Wildman–Crippen LogP) is 2.35. The van der Waals surface area contributed by atoms with Gasteiger partial charge in [0.05, 0.1) is 7.11 Å². The SMILES string of the molecule is COCCCNC(=S)NCc1c(Cl)cccc1OC. The van der Waals surface area contributed by atoms with Crippen LogP contribution in [-0.2, 0) is 11.3 Å². The van der Waals surface area contributed by atoms with Gasteiger partial charge in [0.25, 0.3) is 0 Å². The lowest BCUT2D eigenvalue weighted by Crippen LogP contribution is -2.35. The van der Waals surface area contributed by atoms with Gasteiger partial charge in [0, 0.05) is 37.4 Å². The molecular weight excluding hydrogens is 284 g/mol. The monoisotopic (exact) mass is 302 g/mol. The molecule has 2 N–H and O–H groups in total. The molecule has 0 fully saturated rings. The second-order valence-electron chi connectivity index (χ2n) is 3.88. The molecule has 0 aromatic heterocycles. The molecule has 1 aromatic rings. The van der Waals surface area contributed by atoms with Crippen molar-refractivity contribution in [2.45, 2.75) is 13.0 Å². The van der Waals surface area contributed by atoms with Crippen molar-refractivity contribution in [1.82, 2.24) is 10.6 Å². The molecule has 0 amide bonds. The number of methoxy groups -OCH3 is 2. The summed E-state index contributed by atoms with van der Waals surface area (Å²) < 4.78 is 10.2. The molecule has 0 aliphatic carbocycles. The number of thiocarbonyl (C=S) groups is 1. The van der Waals surface area contributed by atoms with Crippen molar-refractivity contribution in [1.29, 1.82) is 0 Å². The molecule has 4 nitrogen and oxygen atoms in total. The summed E-state index contributed by atoms with van der Waals surface area (Å²) in [7, 11) is 3.30. The molecule has 0 aliphatic heterocycles. The highest BCUT2D eigenvalue weighted by atomic mass is 35.5. The van der Waals surface area contributed by atoms with Crippen molar-refractivity contribution < 1.29 is 9.47 Å². The minimum Gasteiger partial charge on any atom is -0.496 e. The molecule has 0 spiro atoms. The molecule has 0 heterocycles. The molecule has 0 atom stereocenters. The zero-order chi connectivity index (χ0) is 14.1. The van der Waals surface area contributed by atoms with Crippen molar-refractivity contribution in [2.24, 2.45) is 0 Å². The number of nitrogens with one attached hydrogen (secondary N) is 2. The van der Waals surface area contributed by atoms with Gasteiger partial charge in [-0.05, 0) is 30.8 Å². The fourth-order valence-corrected chi connectivity index (χ4v) is 1.96. The second-order valence-corrected chi connectivity index (χ2v) is 4.69. The minimum absolute atomic E-state index is 0.527. The Labute approximate surface area is 124 Å². The van der Waals surface area contributed by atoms with Crippen LogP contribution in [0.4, 0.5) is 0 Å². The van der Waals surface area contributed by atoms with E-state index in [1.165, 1.54) is 0 Å². The Morgan fingerprint density at radius 1 is 1.32 bits per heavy atom.